The van der Waals surface area contributed by atoms with Crippen molar-refractivity contribution in [2.45, 2.75) is 19.8 Å². The number of amides is 1. The number of hydrogen-bond acceptors (Lipinski definition) is 3. The molecule has 0 spiro atoms. The number of unbranched alkanes of at least 4 members (excludes halogenated alkanes) is 1. The molecule has 0 saturated carbocycles. The lowest BCUT2D eigenvalue weighted by Crippen LogP contribution is -2.48. The second kappa shape index (κ2) is 10.3. The summed E-state index contributed by atoms with van der Waals surface area (Å²) in [4.78, 5) is 11.8. The minimum Gasteiger partial charge on any atom is -0.484 e. The molecule has 0 aliphatic carbocycles. The molecule has 6 heteroatoms. The van der Waals surface area contributed by atoms with Crippen molar-refractivity contribution in [2.75, 3.05) is 13.2 Å². The molecular weight excluding hydrogens is 334 g/mol. The van der Waals surface area contributed by atoms with E-state index in [-0.39, 0.29) is 12.5 Å². The number of nitrogens with one attached hydrogen (secondary N) is 3. The third-order valence-corrected chi connectivity index (χ3v) is 3.71. The van der Waals surface area contributed by atoms with Gasteiger partial charge in [0.2, 0.25) is 0 Å². The second-order valence-corrected chi connectivity index (χ2v) is 5.87. The Balaban J connectivity index is 1.72. The summed E-state index contributed by atoms with van der Waals surface area (Å²) in [5, 5.41) is 3.40. The summed E-state index contributed by atoms with van der Waals surface area (Å²) in [5.74, 6) is 0.338. The highest BCUT2D eigenvalue weighted by atomic mass is 32.1. The van der Waals surface area contributed by atoms with Crippen molar-refractivity contribution in [3.8, 4) is 16.9 Å². The minimum absolute atomic E-state index is 0.0880. The van der Waals surface area contributed by atoms with Crippen LogP contribution in [0.2, 0.25) is 0 Å². The fourth-order valence-electron chi connectivity index (χ4n) is 2.11. The number of carbonyl (C=O) groups is 1. The van der Waals surface area contributed by atoms with Gasteiger partial charge in [-0.15, -0.1) is 0 Å². The van der Waals surface area contributed by atoms with Gasteiger partial charge in [0.1, 0.15) is 5.75 Å². The Hall–Kier alpha value is -2.60. The highest BCUT2D eigenvalue weighted by molar-refractivity contribution is 7.80. The number of rotatable bonds is 7. The molecule has 0 atom stereocenters. The number of thiocarbonyl (C=S) groups is 1. The first kappa shape index (κ1) is 18.7. The smallest absolute Gasteiger partial charge is 0.276 e. The molecule has 0 unspecified atom stereocenters. The van der Waals surface area contributed by atoms with E-state index in [0.29, 0.717) is 10.9 Å². The predicted octanol–water partition coefficient (Wildman–Crippen LogP) is 3.03. The van der Waals surface area contributed by atoms with E-state index in [1.54, 1.807) is 0 Å². The van der Waals surface area contributed by atoms with Crippen molar-refractivity contribution in [2.24, 2.45) is 0 Å². The van der Waals surface area contributed by atoms with Crippen LogP contribution in [0, 0.1) is 0 Å². The number of ether oxygens (including phenoxy) is 1. The van der Waals surface area contributed by atoms with Crippen LogP contribution in [0.5, 0.6) is 5.75 Å². The quantitative estimate of drug-likeness (QED) is 0.404. The molecule has 2 rings (SSSR count). The van der Waals surface area contributed by atoms with E-state index >= 15 is 0 Å². The average molecular weight is 357 g/mol. The van der Waals surface area contributed by atoms with Crippen LogP contribution in [0.4, 0.5) is 0 Å². The van der Waals surface area contributed by atoms with Crippen LogP contribution in [-0.4, -0.2) is 24.2 Å². The zero-order valence-electron chi connectivity index (χ0n) is 14.2. The predicted molar refractivity (Wildman–Crippen MR) is 104 cm³/mol. The Morgan fingerprint density at radius 3 is 2.36 bits per heavy atom. The molecule has 0 aliphatic heterocycles. The van der Waals surface area contributed by atoms with Crippen LogP contribution < -0.4 is 20.9 Å². The van der Waals surface area contributed by atoms with Gasteiger partial charge in [0.15, 0.2) is 11.7 Å². The maximum Gasteiger partial charge on any atom is 0.276 e. The van der Waals surface area contributed by atoms with Gasteiger partial charge < -0.3 is 10.1 Å². The van der Waals surface area contributed by atoms with Crippen LogP contribution in [0.15, 0.2) is 54.6 Å². The van der Waals surface area contributed by atoms with Crippen molar-refractivity contribution < 1.29 is 9.53 Å². The van der Waals surface area contributed by atoms with Crippen LogP contribution >= 0.6 is 12.2 Å². The number of carbonyl (C=O) groups excluding carboxylic acids is 1. The van der Waals surface area contributed by atoms with Crippen molar-refractivity contribution in [3.63, 3.8) is 0 Å². The number of benzene rings is 2. The van der Waals surface area contributed by atoms with Crippen molar-refractivity contribution in [1.29, 1.82) is 0 Å². The van der Waals surface area contributed by atoms with Gasteiger partial charge in [0.25, 0.3) is 5.91 Å². The van der Waals surface area contributed by atoms with E-state index in [4.69, 9.17) is 17.0 Å². The zero-order valence-corrected chi connectivity index (χ0v) is 15.1. The van der Waals surface area contributed by atoms with Gasteiger partial charge in [-0.25, -0.2) is 0 Å². The summed E-state index contributed by atoms with van der Waals surface area (Å²) in [6.45, 7) is 2.79. The summed E-state index contributed by atoms with van der Waals surface area (Å²) in [6.07, 6.45) is 2.11. The van der Waals surface area contributed by atoms with Gasteiger partial charge in [0, 0.05) is 6.54 Å². The molecule has 0 aromatic heterocycles. The van der Waals surface area contributed by atoms with Gasteiger partial charge in [-0.3, -0.25) is 15.6 Å². The number of hydrogen-bond donors (Lipinski definition) is 3. The Bertz CT molecular complexity index is 675. The van der Waals surface area contributed by atoms with Crippen LogP contribution in [0.3, 0.4) is 0 Å². The molecule has 2 aromatic carbocycles. The molecule has 25 heavy (non-hydrogen) atoms. The lowest BCUT2D eigenvalue weighted by atomic mass is 10.1. The molecule has 5 nitrogen and oxygen atoms in total. The monoisotopic (exact) mass is 357 g/mol. The Labute approximate surface area is 153 Å². The Morgan fingerprint density at radius 2 is 1.68 bits per heavy atom. The van der Waals surface area contributed by atoms with E-state index < -0.39 is 0 Å². The lowest BCUT2D eigenvalue weighted by Gasteiger charge is -2.12. The Morgan fingerprint density at radius 1 is 1.00 bits per heavy atom. The summed E-state index contributed by atoms with van der Waals surface area (Å²) in [7, 11) is 0. The van der Waals surface area contributed by atoms with Gasteiger partial charge in [-0.1, -0.05) is 55.8 Å². The summed E-state index contributed by atoms with van der Waals surface area (Å²) in [5.41, 5.74) is 7.39. The highest BCUT2D eigenvalue weighted by Gasteiger charge is 2.04. The molecule has 0 radical (unpaired) electrons. The zero-order chi connectivity index (χ0) is 17.9. The molecule has 0 bridgehead atoms. The SMILES string of the molecule is CCCCNC(=S)NNC(=O)COc1ccc(-c2ccccc2)cc1. The van der Waals surface area contributed by atoms with E-state index in [2.05, 4.69) is 23.1 Å². The highest BCUT2D eigenvalue weighted by Crippen LogP contribution is 2.21. The van der Waals surface area contributed by atoms with Gasteiger partial charge >= 0.3 is 0 Å². The molecule has 2 aromatic rings. The fraction of sp³-hybridized carbons (Fsp3) is 0.263. The van der Waals surface area contributed by atoms with Crippen molar-refractivity contribution >= 4 is 23.2 Å². The summed E-state index contributed by atoms with van der Waals surface area (Å²) >= 11 is 5.05. The number of hydrazine groups is 1. The molecule has 0 heterocycles. The van der Waals surface area contributed by atoms with E-state index in [1.165, 1.54) is 0 Å². The van der Waals surface area contributed by atoms with Crippen molar-refractivity contribution in [1.82, 2.24) is 16.2 Å². The van der Waals surface area contributed by atoms with Crippen molar-refractivity contribution in [3.05, 3.63) is 54.6 Å². The summed E-state index contributed by atoms with van der Waals surface area (Å²) in [6, 6.07) is 17.7. The van der Waals surface area contributed by atoms with Crippen LogP contribution in [0.1, 0.15) is 19.8 Å². The maximum absolute atomic E-state index is 11.8. The lowest BCUT2D eigenvalue weighted by molar-refractivity contribution is -0.123. The first-order valence-electron chi connectivity index (χ1n) is 8.30. The van der Waals surface area contributed by atoms with Gasteiger partial charge in [-0.05, 0) is 41.9 Å². The largest absolute Gasteiger partial charge is 0.484 e. The minimum atomic E-state index is -0.299. The second-order valence-electron chi connectivity index (χ2n) is 5.46. The van der Waals surface area contributed by atoms with E-state index in [0.717, 1.165) is 30.5 Å². The molecule has 0 fully saturated rings. The molecule has 0 aliphatic rings. The topological polar surface area (TPSA) is 62.4 Å². The average Bonchev–Trinajstić information content (AvgIpc) is 2.66. The third-order valence-electron chi connectivity index (χ3n) is 3.46. The summed E-state index contributed by atoms with van der Waals surface area (Å²) < 4.78 is 5.47. The fourth-order valence-corrected chi connectivity index (χ4v) is 2.26. The first-order chi connectivity index (χ1) is 12.2. The van der Waals surface area contributed by atoms with E-state index in [1.807, 2.05) is 54.6 Å². The molecule has 0 saturated heterocycles. The van der Waals surface area contributed by atoms with Crippen LogP contribution in [0.25, 0.3) is 11.1 Å². The first-order valence-corrected chi connectivity index (χ1v) is 8.71. The molecular formula is C19H23N3O2S. The normalized spacial score (nSPS) is 9.96. The Kier molecular flexibility index (Phi) is 7.72. The van der Waals surface area contributed by atoms with Gasteiger partial charge in [0.05, 0.1) is 0 Å². The standard InChI is InChI=1S/C19H23N3O2S/c1-2-3-13-20-19(25)22-21-18(23)14-24-17-11-9-16(10-12-17)15-7-5-4-6-8-15/h4-12H,2-3,13-14H2,1H3,(H,21,23)(H2,20,22,25). The van der Waals surface area contributed by atoms with Crippen LogP contribution in [-0.2, 0) is 4.79 Å². The maximum atomic E-state index is 11.8. The van der Waals surface area contributed by atoms with E-state index in [9.17, 15) is 4.79 Å². The molecule has 3 N–H and O–H groups in total. The van der Waals surface area contributed by atoms with Gasteiger partial charge in [-0.2, -0.15) is 0 Å². The molecule has 1 amide bonds. The third kappa shape index (κ3) is 6.81. The molecule has 132 valence electrons.